The molecule has 0 bridgehead atoms. The van der Waals surface area contributed by atoms with E-state index >= 15 is 0 Å². The number of pyridine rings is 1. The SMILES string of the molecule is CCc1cc(F)ccc1Oc1ncc(C(F)(F)F)cc1B(O)O. The third kappa shape index (κ3) is 3.99. The third-order valence-corrected chi connectivity index (χ3v) is 3.09. The van der Waals surface area contributed by atoms with Gasteiger partial charge >= 0.3 is 13.3 Å². The Kier molecular flexibility index (Phi) is 4.91. The quantitative estimate of drug-likeness (QED) is 0.667. The summed E-state index contributed by atoms with van der Waals surface area (Å²) in [7, 11) is -2.20. The zero-order valence-electron chi connectivity index (χ0n) is 11.9. The van der Waals surface area contributed by atoms with Crippen molar-refractivity contribution in [3.05, 3.63) is 47.4 Å². The molecule has 0 amide bonds. The van der Waals surface area contributed by atoms with Gasteiger partial charge in [-0.05, 0) is 36.2 Å². The minimum Gasteiger partial charge on any atom is -0.439 e. The molecule has 0 aliphatic heterocycles. The molecule has 122 valence electrons. The van der Waals surface area contributed by atoms with Gasteiger partial charge < -0.3 is 14.8 Å². The second kappa shape index (κ2) is 6.55. The van der Waals surface area contributed by atoms with Gasteiger partial charge in [0.1, 0.15) is 11.6 Å². The summed E-state index contributed by atoms with van der Waals surface area (Å²) in [6.07, 6.45) is -3.75. The highest BCUT2D eigenvalue weighted by Crippen LogP contribution is 2.30. The fraction of sp³-hybridized carbons (Fsp3) is 0.214. The van der Waals surface area contributed by atoms with Crippen LogP contribution in [0.1, 0.15) is 18.1 Å². The molecule has 0 radical (unpaired) electrons. The van der Waals surface area contributed by atoms with E-state index in [1.165, 1.54) is 12.1 Å². The van der Waals surface area contributed by atoms with Gasteiger partial charge in [-0.1, -0.05) is 6.92 Å². The Labute approximate surface area is 129 Å². The van der Waals surface area contributed by atoms with Crippen LogP contribution in [0.4, 0.5) is 17.6 Å². The van der Waals surface area contributed by atoms with Gasteiger partial charge in [-0.25, -0.2) is 9.37 Å². The summed E-state index contributed by atoms with van der Waals surface area (Å²) in [5.41, 5.74) is -1.21. The molecule has 0 spiro atoms. The van der Waals surface area contributed by atoms with Crippen molar-refractivity contribution in [1.82, 2.24) is 4.98 Å². The van der Waals surface area contributed by atoms with Crippen molar-refractivity contribution in [1.29, 1.82) is 0 Å². The molecule has 0 atom stereocenters. The number of halogens is 4. The third-order valence-electron chi connectivity index (χ3n) is 3.09. The highest BCUT2D eigenvalue weighted by atomic mass is 19.4. The molecule has 1 aromatic carbocycles. The smallest absolute Gasteiger partial charge is 0.439 e. The molecule has 1 aromatic heterocycles. The number of nitrogens with zero attached hydrogens (tertiary/aromatic N) is 1. The van der Waals surface area contributed by atoms with Crippen molar-refractivity contribution >= 4 is 12.6 Å². The molecule has 9 heteroatoms. The maximum absolute atomic E-state index is 13.2. The average Bonchev–Trinajstić information content (AvgIpc) is 2.48. The van der Waals surface area contributed by atoms with E-state index in [-0.39, 0.29) is 5.75 Å². The fourth-order valence-corrected chi connectivity index (χ4v) is 1.92. The molecule has 1 heterocycles. The minimum atomic E-state index is -4.68. The maximum Gasteiger partial charge on any atom is 0.494 e. The van der Waals surface area contributed by atoms with E-state index in [0.29, 0.717) is 24.2 Å². The predicted octanol–water partition coefficient (Wildman–Crippen LogP) is 2.27. The van der Waals surface area contributed by atoms with Gasteiger partial charge in [-0.3, -0.25) is 0 Å². The van der Waals surface area contributed by atoms with Gasteiger partial charge in [0.15, 0.2) is 0 Å². The van der Waals surface area contributed by atoms with Crippen molar-refractivity contribution in [2.75, 3.05) is 0 Å². The molecule has 23 heavy (non-hydrogen) atoms. The van der Waals surface area contributed by atoms with Crippen LogP contribution in [-0.4, -0.2) is 22.2 Å². The van der Waals surface area contributed by atoms with E-state index in [2.05, 4.69) is 4.98 Å². The van der Waals surface area contributed by atoms with Crippen molar-refractivity contribution in [3.8, 4) is 11.6 Å². The van der Waals surface area contributed by atoms with E-state index in [1.54, 1.807) is 6.92 Å². The summed E-state index contributed by atoms with van der Waals surface area (Å²) in [6.45, 7) is 1.74. The van der Waals surface area contributed by atoms with E-state index in [1.807, 2.05) is 0 Å². The van der Waals surface area contributed by atoms with Crippen LogP contribution in [0, 0.1) is 5.82 Å². The van der Waals surface area contributed by atoms with Crippen molar-refractivity contribution < 1.29 is 32.3 Å². The number of aryl methyl sites for hydroxylation is 1. The molecule has 0 aliphatic rings. The van der Waals surface area contributed by atoms with E-state index < -0.39 is 36.0 Å². The summed E-state index contributed by atoms with van der Waals surface area (Å²) in [5.74, 6) is -0.714. The van der Waals surface area contributed by atoms with Crippen LogP contribution >= 0.6 is 0 Å². The monoisotopic (exact) mass is 329 g/mol. The van der Waals surface area contributed by atoms with Gasteiger partial charge in [0.2, 0.25) is 5.88 Å². The second-order valence-corrected chi connectivity index (χ2v) is 4.70. The first-order chi connectivity index (χ1) is 10.7. The van der Waals surface area contributed by atoms with Gasteiger partial charge in [0.05, 0.1) is 5.56 Å². The van der Waals surface area contributed by atoms with Crippen molar-refractivity contribution in [2.24, 2.45) is 0 Å². The molecular formula is C14H12BF4NO3. The normalized spacial score (nSPS) is 11.4. The van der Waals surface area contributed by atoms with Crippen LogP contribution in [0.15, 0.2) is 30.5 Å². The molecule has 0 unspecified atom stereocenters. The van der Waals surface area contributed by atoms with E-state index in [0.717, 1.165) is 6.07 Å². The lowest BCUT2D eigenvalue weighted by molar-refractivity contribution is -0.137. The molecule has 2 aromatic rings. The Hall–Kier alpha value is -2.13. The van der Waals surface area contributed by atoms with Crippen LogP contribution < -0.4 is 10.2 Å². The number of ether oxygens (including phenoxy) is 1. The number of benzene rings is 1. The largest absolute Gasteiger partial charge is 0.494 e. The van der Waals surface area contributed by atoms with Crippen LogP contribution in [0.5, 0.6) is 11.6 Å². The van der Waals surface area contributed by atoms with Crippen molar-refractivity contribution in [2.45, 2.75) is 19.5 Å². The number of alkyl halides is 3. The lowest BCUT2D eigenvalue weighted by atomic mass is 9.80. The molecule has 0 saturated carbocycles. The molecular weight excluding hydrogens is 317 g/mol. The number of aromatic nitrogens is 1. The molecule has 0 saturated heterocycles. The van der Waals surface area contributed by atoms with Crippen molar-refractivity contribution in [3.63, 3.8) is 0 Å². The highest BCUT2D eigenvalue weighted by Gasteiger charge is 2.33. The second-order valence-electron chi connectivity index (χ2n) is 4.70. The zero-order valence-corrected chi connectivity index (χ0v) is 11.9. The first-order valence-corrected chi connectivity index (χ1v) is 6.62. The van der Waals surface area contributed by atoms with E-state index in [4.69, 9.17) is 4.74 Å². The van der Waals surface area contributed by atoms with Crippen LogP contribution in [-0.2, 0) is 12.6 Å². The molecule has 0 aliphatic carbocycles. The number of hydrogen-bond donors (Lipinski definition) is 2. The Morgan fingerprint density at radius 1 is 1.22 bits per heavy atom. The highest BCUT2D eigenvalue weighted by molar-refractivity contribution is 6.59. The lowest BCUT2D eigenvalue weighted by Crippen LogP contribution is -2.33. The minimum absolute atomic E-state index is 0.169. The summed E-state index contributed by atoms with van der Waals surface area (Å²) < 4.78 is 56.5. The number of hydrogen-bond acceptors (Lipinski definition) is 4. The molecule has 2 rings (SSSR count). The first kappa shape index (κ1) is 17.2. The molecule has 2 N–H and O–H groups in total. The van der Waals surface area contributed by atoms with E-state index in [9.17, 15) is 27.6 Å². The predicted molar refractivity (Wildman–Crippen MR) is 74.9 cm³/mol. The Bertz CT molecular complexity index is 707. The average molecular weight is 329 g/mol. The molecule has 0 fully saturated rings. The number of rotatable bonds is 4. The lowest BCUT2D eigenvalue weighted by Gasteiger charge is -2.14. The summed E-state index contributed by atoms with van der Waals surface area (Å²) in [6, 6.07) is 4.17. The first-order valence-electron chi connectivity index (χ1n) is 6.62. The molecule has 4 nitrogen and oxygen atoms in total. The van der Waals surface area contributed by atoms with Gasteiger partial charge in [0.25, 0.3) is 0 Å². The van der Waals surface area contributed by atoms with Crippen LogP contribution in [0.3, 0.4) is 0 Å². The van der Waals surface area contributed by atoms with Gasteiger partial charge in [-0.15, -0.1) is 0 Å². The zero-order chi connectivity index (χ0) is 17.2. The summed E-state index contributed by atoms with van der Waals surface area (Å²) in [4.78, 5) is 3.50. The van der Waals surface area contributed by atoms with Crippen LogP contribution in [0.2, 0.25) is 0 Å². The van der Waals surface area contributed by atoms with Gasteiger partial charge in [-0.2, -0.15) is 13.2 Å². The standard InChI is InChI=1S/C14H12BF4NO3/c1-2-8-5-10(16)3-4-12(8)23-13-11(15(21)22)6-9(7-20-13)14(17,18)19/h3-7,21-22H,2H2,1H3. The Morgan fingerprint density at radius 2 is 1.91 bits per heavy atom. The van der Waals surface area contributed by atoms with Gasteiger partial charge in [0, 0.05) is 11.7 Å². The fourth-order valence-electron chi connectivity index (χ4n) is 1.92. The summed E-state index contributed by atoms with van der Waals surface area (Å²) in [5, 5.41) is 18.5. The summed E-state index contributed by atoms with van der Waals surface area (Å²) >= 11 is 0. The Balaban J connectivity index is 2.44. The Morgan fingerprint density at radius 3 is 2.48 bits per heavy atom. The maximum atomic E-state index is 13.2. The topological polar surface area (TPSA) is 62.6 Å². The van der Waals surface area contributed by atoms with Crippen LogP contribution in [0.25, 0.3) is 0 Å².